The van der Waals surface area contributed by atoms with E-state index < -0.39 is 0 Å². The van der Waals surface area contributed by atoms with E-state index in [9.17, 15) is 0 Å². The Kier molecular flexibility index (Phi) is 3.42. The molecule has 1 aromatic carbocycles. The highest BCUT2D eigenvalue weighted by Crippen LogP contribution is 2.30. The molecule has 2 bridgehead atoms. The maximum Gasteiger partial charge on any atom is 0.316 e. The first kappa shape index (κ1) is 13.5. The van der Waals surface area contributed by atoms with Crippen molar-refractivity contribution >= 4 is 5.69 Å². The fraction of sp³-hybridized carbons (Fsp3) is 0.412. The normalized spacial score (nSPS) is 26.8. The molecule has 4 heterocycles. The van der Waals surface area contributed by atoms with Crippen LogP contribution in [0.15, 0.2) is 36.7 Å². The molecule has 1 aromatic heterocycles. The van der Waals surface area contributed by atoms with Crippen molar-refractivity contribution in [1.82, 2.24) is 14.9 Å². The number of anilines is 1. The number of nitrogens with zero attached hydrogens (tertiary/aromatic N) is 3. The van der Waals surface area contributed by atoms with E-state index in [4.69, 9.17) is 10.5 Å². The van der Waals surface area contributed by atoms with Crippen LogP contribution in [0.25, 0.3) is 11.1 Å². The minimum Gasteiger partial charge on any atom is -0.458 e. The molecule has 0 amide bonds. The predicted molar refractivity (Wildman–Crippen MR) is 85.5 cm³/mol. The lowest BCUT2D eigenvalue weighted by Crippen LogP contribution is -2.52. The Morgan fingerprint density at radius 2 is 1.68 bits per heavy atom. The van der Waals surface area contributed by atoms with E-state index in [-0.39, 0.29) is 6.10 Å². The number of ether oxygens (including phenoxy) is 1. The van der Waals surface area contributed by atoms with Gasteiger partial charge in [0.05, 0.1) is 0 Å². The number of rotatable bonds is 3. The Hall–Kier alpha value is -2.14. The highest BCUT2D eigenvalue weighted by Gasteiger charge is 2.35. The molecule has 0 saturated carbocycles. The second kappa shape index (κ2) is 5.57. The first-order valence-electron chi connectivity index (χ1n) is 7.85. The Bertz CT molecular complexity index is 633. The molecule has 5 rings (SSSR count). The molecule has 5 nitrogen and oxygen atoms in total. The van der Waals surface area contributed by atoms with E-state index in [1.165, 1.54) is 25.9 Å². The van der Waals surface area contributed by atoms with E-state index in [0.29, 0.717) is 11.9 Å². The van der Waals surface area contributed by atoms with Crippen LogP contribution in [0, 0.1) is 5.92 Å². The van der Waals surface area contributed by atoms with Gasteiger partial charge in [0.2, 0.25) is 0 Å². The molecule has 2 N–H and O–H groups in total. The summed E-state index contributed by atoms with van der Waals surface area (Å²) in [6, 6.07) is 8.20. The van der Waals surface area contributed by atoms with Gasteiger partial charge in [0, 0.05) is 30.2 Å². The number of aromatic nitrogens is 2. The van der Waals surface area contributed by atoms with Crippen molar-refractivity contribution in [2.24, 2.45) is 5.92 Å². The standard InChI is InChI=1S/C17H20N4O/c18-15-3-1-12(2-4-15)14-9-19-17(20-10-14)22-16-11-21-7-5-13(16)6-8-21/h1-4,9-10,13,16H,5-8,11,18H2. The summed E-state index contributed by atoms with van der Waals surface area (Å²) in [6.07, 6.45) is 6.33. The fourth-order valence-corrected chi connectivity index (χ4v) is 3.38. The quantitative estimate of drug-likeness (QED) is 0.880. The van der Waals surface area contributed by atoms with E-state index in [1.54, 1.807) is 0 Å². The van der Waals surface area contributed by atoms with Crippen LogP contribution in [0.4, 0.5) is 5.69 Å². The largest absolute Gasteiger partial charge is 0.458 e. The fourth-order valence-electron chi connectivity index (χ4n) is 3.38. The summed E-state index contributed by atoms with van der Waals surface area (Å²) in [6.45, 7) is 3.43. The van der Waals surface area contributed by atoms with Crippen molar-refractivity contribution in [3.05, 3.63) is 36.7 Å². The first-order valence-corrected chi connectivity index (χ1v) is 7.85. The smallest absolute Gasteiger partial charge is 0.316 e. The highest BCUT2D eigenvalue weighted by atomic mass is 16.5. The van der Waals surface area contributed by atoms with Crippen LogP contribution in [0.1, 0.15) is 12.8 Å². The van der Waals surface area contributed by atoms with Crippen molar-refractivity contribution in [1.29, 1.82) is 0 Å². The number of benzene rings is 1. The summed E-state index contributed by atoms with van der Waals surface area (Å²) in [5, 5.41) is 0. The summed E-state index contributed by atoms with van der Waals surface area (Å²) in [7, 11) is 0. The topological polar surface area (TPSA) is 64.3 Å². The number of piperidine rings is 3. The van der Waals surface area contributed by atoms with E-state index >= 15 is 0 Å². The Morgan fingerprint density at radius 3 is 2.27 bits per heavy atom. The van der Waals surface area contributed by atoms with Crippen molar-refractivity contribution < 1.29 is 4.74 Å². The molecule has 2 aromatic rings. The zero-order chi connectivity index (χ0) is 14.9. The van der Waals surface area contributed by atoms with Gasteiger partial charge in [-0.15, -0.1) is 0 Å². The highest BCUT2D eigenvalue weighted by molar-refractivity contribution is 5.63. The molecular weight excluding hydrogens is 276 g/mol. The van der Waals surface area contributed by atoms with E-state index in [2.05, 4.69) is 14.9 Å². The number of fused-ring (bicyclic) bond motifs is 3. The van der Waals surface area contributed by atoms with Gasteiger partial charge in [-0.25, -0.2) is 9.97 Å². The van der Waals surface area contributed by atoms with Crippen molar-refractivity contribution in [2.75, 3.05) is 25.4 Å². The second-order valence-electron chi connectivity index (χ2n) is 6.17. The van der Waals surface area contributed by atoms with Gasteiger partial charge < -0.3 is 10.5 Å². The first-order chi connectivity index (χ1) is 10.8. The summed E-state index contributed by atoms with van der Waals surface area (Å²) in [5.41, 5.74) is 8.50. The van der Waals surface area contributed by atoms with Gasteiger partial charge in [0.15, 0.2) is 0 Å². The van der Waals surface area contributed by atoms with Crippen LogP contribution in [-0.4, -0.2) is 40.6 Å². The molecule has 3 aliphatic rings. The van der Waals surface area contributed by atoms with Gasteiger partial charge in [-0.2, -0.15) is 0 Å². The predicted octanol–water partition coefficient (Wildman–Crippen LogP) is 2.20. The van der Waals surface area contributed by atoms with Crippen LogP contribution >= 0.6 is 0 Å². The molecular formula is C17H20N4O. The maximum absolute atomic E-state index is 6.02. The second-order valence-corrected chi connectivity index (χ2v) is 6.17. The Balaban J connectivity index is 1.46. The molecule has 0 aliphatic carbocycles. The third kappa shape index (κ3) is 2.64. The number of hydrogen-bond acceptors (Lipinski definition) is 5. The lowest BCUT2D eigenvalue weighted by molar-refractivity contribution is -0.0123. The van der Waals surface area contributed by atoms with Crippen molar-refractivity contribution in [3.63, 3.8) is 0 Å². The van der Waals surface area contributed by atoms with Crippen LogP contribution < -0.4 is 10.5 Å². The summed E-state index contributed by atoms with van der Waals surface area (Å²) in [5.74, 6) is 0.658. The number of nitrogen functional groups attached to an aromatic ring is 1. The van der Waals surface area contributed by atoms with Gasteiger partial charge >= 0.3 is 6.01 Å². The molecule has 0 spiro atoms. The maximum atomic E-state index is 6.02. The molecule has 1 atom stereocenters. The van der Waals surface area contributed by atoms with Crippen LogP contribution in [0.5, 0.6) is 6.01 Å². The van der Waals surface area contributed by atoms with Crippen molar-refractivity contribution in [2.45, 2.75) is 18.9 Å². The van der Waals surface area contributed by atoms with E-state index in [1.807, 2.05) is 36.7 Å². The monoisotopic (exact) mass is 296 g/mol. The lowest BCUT2D eigenvalue weighted by atomic mass is 9.86. The SMILES string of the molecule is Nc1ccc(-c2cnc(OC3CN4CCC3CC4)nc2)cc1. The lowest BCUT2D eigenvalue weighted by Gasteiger charge is -2.43. The molecule has 3 fully saturated rings. The van der Waals surface area contributed by atoms with Gasteiger partial charge in [-0.1, -0.05) is 12.1 Å². The van der Waals surface area contributed by atoms with Gasteiger partial charge in [0.25, 0.3) is 0 Å². The Labute approximate surface area is 130 Å². The molecule has 114 valence electrons. The third-order valence-corrected chi connectivity index (χ3v) is 4.73. The van der Waals surface area contributed by atoms with Gasteiger partial charge in [-0.05, 0) is 49.5 Å². The molecule has 1 unspecified atom stereocenters. The van der Waals surface area contributed by atoms with Crippen LogP contribution in [-0.2, 0) is 0 Å². The zero-order valence-corrected chi connectivity index (χ0v) is 12.5. The average molecular weight is 296 g/mol. The number of nitrogens with two attached hydrogens (primary N) is 1. The van der Waals surface area contributed by atoms with Crippen molar-refractivity contribution in [3.8, 4) is 17.1 Å². The summed E-state index contributed by atoms with van der Waals surface area (Å²) >= 11 is 0. The number of hydrogen-bond donors (Lipinski definition) is 1. The molecule has 5 heteroatoms. The zero-order valence-electron chi connectivity index (χ0n) is 12.5. The molecule has 3 aliphatic heterocycles. The molecule has 3 saturated heterocycles. The van der Waals surface area contributed by atoms with Gasteiger partial charge in [-0.3, -0.25) is 4.90 Å². The Morgan fingerprint density at radius 1 is 1.00 bits per heavy atom. The molecule has 22 heavy (non-hydrogen) atoms. The van der Waals surface area contributed by atoms with Gasteiger partial charge in [0.1, 0.15) is 6.10 Å². The summed E-state index contributed by atoms with van der Waals surface area (Å²) < 4.78 is 6.02. The van der Waals surface area contributed by atoms with Crippen LogP contribution in [0.3, 0.4) is 0 Å². The average Bonchev–Trinajstić information content (AvgIpc) is 2.58. The molecule has 0 radical (unpaired) electrons. The van der Waals surface area contributed by atoms with E-state index in [0.717, 1.165) is 23.4 Å². The van der Waals surface area contributed by atoms with Crippen LogP contribution in [0.2, 0.25) is 0 Å². The minimum atomic E-state index is 0.241. The minimum absolute atomic E-state index is 0.241. The summed E-state index contributed by atoms with van der Waals surface area (Å²) in [4.78, 5) is 11.2. The third-order valence-electron chi connectivity index (χ3n) is 4.73.